The number of rotatable bonds is 2. The molecule has 3 nitrogen and oxygen atoms in total. The van der Waals surface area contributed by atoms with Crippen LogP contribution in [0, 0.1) is 6.92 Å². The highest BCUT2D eigenvalue weighted by Gasteiger charge is 2.19. The van der Waals surface area contributed by atoms with Crippen LogP contribution in [0.25, 0.3) is 0 Å². The van der Waals surface area contributed by atoms with Gasteiger partial charge in [-0.25, -0.2) is 0 Å². The summed E-state index contributed by atoms with van der Waals surface area (Å²) in [5.74, 6) is 0. The molecule has 0 spiro atoms. The Hall–Kier alpha value is -0.770. The minimum atomic E-state index is 0.382. The molecule has 1 atom stereocenters. The van der Waals surface area contributed by atoms with Crippen LogP contribution in [-0.2, 0) is 0 Å². The maximum absolute atomic E-state index is 6.04. The molecule has 0 aromatic heterocycles. The predicted molar refractivity (Wildman–Crippen MR) is 69.2 cm³/mol. The van der Waals surface area contributed by atoms with E-state index in [1.54, 1.807) is 0 Å². The van der Waals surface area contributed by atoms with Crippen molar-refractivity contribution in [1.82, 2.24) is 5.32 Å². The highest BCUT2D eigenvalue weighted by atomic mass is 35.5. The SMILES string of the molecule is Cc1ccc(Cl)cc1N1CCNC(CN)C1. The summed E-state index contributed by atoms with van der Waals surface area (Å²) in [5, 5.41) is 4.20. The summed E-state index contributed by atoms with van der Waals surface area (Å²) in [5.41, 5.74) is 8.19. The van der Waals surface area contributed by atoms with E-state index in [0.717, 1.165) is 24.7 Å². The van der Waals surface area contributed by atoms with Crippen molar-refractivity contribution in [2.45, 2.75) is 13.0 Å². The third-order valence-corrected chi connectivity index (χ3v) is 3.29. The first-order valence-corrected chi connectivity index (χ1v) is 6.03. The average Bonchev–Trinajstić information content (AvgIpc) is 2.32. The van der Waals surface area contributed by atoms with E-state index in [2.05, 4.69) is 23.2 Å². The summed E-state index contributed by atoms with van der Waals surface area (Å²) in [6, 6.07) is 6.42. The van der Waals surface area contributed by atoms with Crippen LogP contribution < -0.4 is 16.0 Å². The van der Waals surface area contributed by atoms with Crippen molar-refractivity contribution in [2.75, 3.05) is 31.1 Å². The molecule has 2 rings (SSSR count). The van der Waals surface area contributed by atoms with Crippen LogP contribution in [-0.4, -0.2) is 32.2 Å². The van der Waals surface area contributed by atoms with Gasteiger partial charge in [0.15, 0.2) is 0 Å². The lowest BCUT2D eigenvalue weighted by molar-refractivity contribution is 0.463. The van der Waals surface area contributed by atoms with Gasteiger partial charge in [-0.2, -0.15) is 0 Å². The molecule has 1 aliphatic heterocycles. The number of nitrogens with two attached hydrogens (primary N) is 1. The second kappa shape index (κ2) is 5.04. The van der Waals surface area contributed by atoms with Crippen LogP contribution in [0.3, 0.4) is 0 Å². The molecule has 0 amide bonds. The van der Waals surface area contributed by atoms with Gasteiger partial charge in [0.2, 0.25) is 0 Å². The molecule has 0 radical (unpaired) electrons. The lowest BCUT2D eigenvalue weighted by atomic mass is 10.1. The number of anilines is 1. The fraction of sp³-hybridized carbons (Fsp3) is 0.500. The third kappa shape index (κ3) is 2.48. The minimum Gasteiger partial charge on any atom is -0.368 e. The summed E-state index contributed by atoms with van der Waals surface area (Å²) >= 11 is 6.04. The Morgan fingerprint density at radius 2 is 2.38 bits per heavy atom. The van der Waals surface area contributed by atoms with Crippen molar-refractivity contribution in [3.8, 4) is 0 Å². The van der Waals surface area contributed by atoms with Gasteiger partial charge in [0.25, 0.3) is 0 Å². The van der Waals surface area contributed by atoms with E-state index in [1.165, 1.54) is 11.3 Å². The first-order valence-electron chi connectivity index (χ1n) is 5.65. The number of piperazine rings is 1. The van der Waals surface area contributed by atoms with Crippen LogP contribution in [0.2, 0.25) is 5.02 Å². The van der Waals surface area contributed by atoms with E-state index < -0.39 is 0 Å². The highest BCUT2D eigenvalue weighted by Crippen LogP contribution is 2.24. The number of aryl methyl sites for hydroxylation is 1. The fourth-order valence-corrected chi connectivity index (χ4v) is 2.29. The van der Waals surface area contributed by atoms with E-state index in [0.29, 0.717) is 12.6 Å². The summed E-state index contributed by atoms with van der Waals surface area (Å²) in [7, 11) is 0. The zero-order chi connectivity index (χ0) is 11.5. The Labute approximate surface area is 102 Å². The summed E-state index contributed by atoms with van der Waals surface area (Å²) in [4.78, 5) is 2.36. The van der Waals surface area contributed by atoms with Crippen LogP contribution in [0.1, 0.15) is 5.56 Å². The van der Waals surface area contributed by atoms with Crippen molar-refractivity contribution < 1.29 is 0 Å². The van der Waals surface area contributed by atoms with Gasteiger partial charge < -0.3 is 16.0 Å². The molecular formula is C12H18ClN3. The van der Waals surface area contributed by atoms with Gasteiger partial charge in [-0.1, -0.05) is 17.7 Å². The van der Waals surface area contributed by atoms with Crippen LogP contribution in [0.15, 0.2) is 18.2 Å². The van der Waals surface area contributed by atoms with E-state index >= 15 is 0 Å². The molecule has 0 saturated carbocycles. The highest BCUT2D eigenvalue weighted by molar-refractivity contribution is 6.30. The molecule has 3 N–H and O–H groups in total. The number of hydrogen-bond donors (Lipinski definition) is 2. The lowest BCUT2D eigenvalue weighted by Gasteiger charge is -2.35. The van der Waals surface area contributed by atoms with Crippen molar-refractivity contribution in [1.29, 1.82) is 0 Å². The molecular weight excluding hydrogens is 222 g/mol. The molecule has 16 heavy (non-hydrogen) atoms. The minimum absolute atomic E-state index is 0.382. The first-order chi connectivity index (χ1) is 7.70. The second-order valence-electron chi connectivity index (χ2n) is 4.26. The number of nitrogens with one attached hydrogen (secondary N) is 1. The van der Waals surface area contributed by atoms with Gasteiger partial charge in [-0.05, 0) is 24.6 Å². The summed E-state index contributed by atoms with van der Waals surface area (Å²) in [6.07, 6.45) is 0. The van der Waals surface area contributed by atoms with E-state index in [1.807, 2.05) is 12.1 Å². The van der Waals surface area contributed by atoms with Gasteiger partial charge in [0.05, 0.1) is 0 Å². The van der Waals surface area contributed by atoms with E-state index in [-0.39, 0.29) is 0 Å². The number of benzene rings is 1. The van der Waals surface area contributed by atoms with Crippen molar-refractivity contribution in [3.05, 3.63) is 28.8 Å². The molecule has 1 heterocycles. The van der Waals surface area contributed by atoms with Gasteiger partial charge >= 0.3 is 0 Å². The largest absolute Gasteiger partial charge is 0.368 e. The molecule has 88 valence electrons. The van der Waals surface area contributed by atoms with E-state index in [9.17, 15) is 0 Å². The molecule has 1 aliphatic rings. The fourth-order valence-electron chi connectivity index (χ4n) is 2.13. The normalized spacial score (nSPS) is 21.2. The Kier molecular flexibility index (Phi) is 3.69. The summed E-state index contributed by atoms with van der Waals surface area (Å²) < 4.78 is 0. The molecule has 1 unspecified atom stereocenters. The number of hydrogen-bond acceptors (Lipinski definition) is 3. The molecule has 1 fully saturated rings. The maximum Gasteiger partial charge on any atom is 0.0426 e. The summed E-state index contributed by atoms with van der Waals surface area (Å²) in [6.45, 7) is 5.74. The van der Waals surface area contributed by atoms with Crippen LogP contribution >= 0.6 is 11.6 Å². The van der Waals surface area contributed by atoms with Gasteiger partial charge in [0, 0.05) is 42.9 Å². The molecule has 0 bridgehead atoms. The number of halogens is 1. The van der Waals surface area contributed by atoms with Gasteiger partial charge in [-0.3, -0.25) is 0 Å². The van der Waals surface area contributed by atoms with Crippen LogP contribution in [0.5, 0.6) is 0 Å². The lowest BCUT2D eigenvalue weighted by Crippen LogP contribution is -2.53. The predicted octanol–water partition coefficient (Wildman–Crippen LogP) is 1.39. The second-order valence-corrected chi connectivity index (χ2v) is 4.70. The monoisotopic (exact) mass is 239 g/mol. The van der Waals surface area contributed by atoms with Crippen molar-refractivity contribution >= 4 is 17.3 Å². The van der Waals surface area contributed by atoms with Crippen LogP contribution in [0.4, 0.5) is 5.69 Å². The third-order valence-electron chi connectivity index (χ3n) is 3.05. The first kappa shape index (κ1) is 11.7. The topological polar surface area (TPSA) is 41.3 Å². The maximum atomic E-state index is 6.04. The smallest absolute Gasteiger partial charge is 0.0426 e. The molecule has 1 aromatic rings. The van der Waals surface area contributed by atoms with Gasteiger partial charge in [0.1, 0.15) is 0 Å². The van der Waals surface area contributed by atoms with Crippen molar-refractivity contribution in [2.24, 2.45) is 5.73 Å². The molecule has 4 heteroatoms. The Balaban J connectivity index is 2.19. The average molecular weight is 240 g/mol. The molecule has 1 aromatic carbocycles. The van der Waals surface area contributed by atoms with Gasteiger partial charge in [-0.15, -0.1) is 0 Å². The number of nitrogens with zero attached hydrogens (tertiary/aromatic N) is 1. The molecule has 0 aliphatic carbocycles. The zero-order valence-corrected chi connectivity index (χ0v) is 10.3. The Morgan fingerprint density at radius 3 is 3.12 bits per heavy atom. The zero-order valence-electron chi connectivity index (χ0n) is 9.54. The Morgan fingerprint density at radius 1 is 1.56 bits per heavy atom. The quantitative estimate of drug-likeness (QED) is 0.820. The molecule has 1 saturated heterocycles. The van der Waals surface area contributed by atoms with Crippen molar-refractivity contribution in [3.63, 3.8) is 0 Å². The Bertz CT molecular complexity index is 367. The van der Waals surface area contributed by atoms with E-state index in [4.69, 9.17) is 17.3 Å². The standard InChI is InChI=1S/C12H18ClN3/c1-9-2-3-10(13)6-12(9)16-5-4-15-11(7-14)8-16/h2-3,6,11,15H,4-5,7-8,14H2,1H3.